The van der Waals surface area contributed by atoms with Crippen molar-refractivity contribution in [2.75, 3.05) is 11.5 Å². The molecule has 0 bridgehead atoms. The van der Waals surface area contributed by atoms with E-state index in [1.165, 1.54) is 12.2 Å². The van der Waals surface area contributed by atoms with E-state index < -0.39 is 20.2 Å². The van der Waals surface area contributed by atoms with Gasteiger partial charge in [-0.25, -0.2) is 16.8 Å². The number of hydrogen-bond donors (Lipinski definition) is 0. The molecule has 0 rings (SSSR count). The van der Waals surface area contributed by atoms with Crippen LogP contribution in [0.1, 0.15) is 12.8 Å². The molecule has 96 valence electrons. The molecule has 0 aromatic carbocycles. The van der Waals surface area contributed by atoms with Gasteiger partial charge in [0.25, 0.3) is 0 Å². The second-order valence-electron chi connectivity index (χ2n) is 2.68. The van der Waals surface area contributed by atoms with Gasteiger partial charge < -0.3 is 9.11 Å². The molecule has 0 aliphatic heterocycles. The molecule has 0 heterocycles. The third-order valence-corrected chi connectivity index (χ3v) is 2.62. The minimum Gasteiger partial charge on any atom is -0.748 e. The molecular weight excluding hydrogens is 296 g/mol. The summed E-state index contributed by atoms with van der Waals surface area (Å²) in [4.78, 5) is 0. The molecule has 0 spiro atoms. The Hall–Kier alpha value is 0.560. The van der Waals surface area contributed by atoms with E-state index in [0.29, 0.717) is 0 Å². The average molecular weight is 310 g/mol. The Kier molecular flexibility index (Phi) is 15.6. The molecule has 0 N–H and O–H groups in total. The maximum absolute atomic E-state index is 9.79. The monoisotopic (exact) mass is 310 g/mol. The molecule has 0 unspecified atom stereocenters. The molecule has 9 heteroatoms. The summed E-state index contributed by atoms with van der Waals surface area (Å²) in [7, 11) is -8.02. The Morgan fingerprint density at radius 3 is 1.12 bits per heavy atom. The van der Waals surface area contributed by atoms with Crippen molar-refractivity contribution in [3.05, 3.63) is 25.3 Å². The summed E-state index contributed by atoms with van der Waals surface area (Å²) in [6.45, 7) is 6.52. The summed E-state index contributed by atoms with van der Waals surface area (Å²) in [5.41, 5.74) is 0. The predicted molar refractivity (Wildman–Crippen MR) is 64.5 cm³/mol. The van der Waals surface area contributed by atoms with Gasteiger partial charge in [0, 0.05) is 11.5 Å². The fraction of sp³-hybridized carbons (Fsp3) is 0.500. The van der Waals surface area contributed by atoms with E-state index in [1.54, 1.807) is 0 Å². The largest absolute Gasteiger partial charge is 2.00 e. The van der Waals surface area contributed by atoms with Gasteiger partial charge in [0.15, 0.2) is 0 Å². The second kappa shape index (κ2) is 11.6. The van der Waals surface area contributed by atoms with Crippen molar-refractivity contribution in [3.8, 4) is 0 Å². The Labute approximate surface area is 132 Å². The molecule has 0 saturated carbocycles. The Balaban J connectivity index is -0.000000218. The van der Waals surface area contributed by atoms with E-state index in [4.69, 9.17) is 0 Å². The molecule has 0 aliphatic carbocycles. The smallest absolute Gasteiger partial charge is 0.748 e. The molecule has 0 aliphatic rings. The summed E-state index contributed by atoms with van der Waals surface area (Å²) in [6.07, 6.45) is 3.28. The van der Waals surface area contributed by atoms with Crippen LogP contribution < -0.4 is 0 Å². The molecule has 0 saturated heterocycles. The summed E-state index contributed by atoms with van der Waals surface area (Å²) in [5, 5.41) is 0. The predicted octanol–water partition coefficient (Wildman–Crippen LogP) is -0.165. The van der Waals surface area contributed by atoms with Crippen LogP contribution in [0.15, 0.2) is 25.3 Å². The van der Waals surface area contributed by atoms with Crippen molar-refractivity contribution in [3.63, 3.8) is 0 Å². The summed E-state index contributed by atoms with van der Waals surface area (Å²) in [6, 6.07) is 0. The minimum absolute atomic E-state index is 0. The summed E-state index contributed by atoms with van der Waals surface area (Å²) >= 11 is 0. The third-order valence-electron chi connectivity index (χ3n) is 1.14. The zero-order chi connectivity index (χ0) is 13.2. The third kappa shape index (κ3) is 31.5. The Morgan fingerprint density at radius 1 is 0.824 bits per heavy atom. The Morgan fingerprint density at radius 2 is 1.06 bits per heavy atom. The van der Waals surface area contributed by atoms with Crippen LogP contribution in [0.2, 0.25) is 0 Å². The van der Waals surface area contributed by atoms with Crippen molar-refractivity contribution in [2.45, 2.75) is 12.8 Å². The zero-order valence-electron chi connectivity index (χ0n) is 9.37. The van der Waals surface area contributed by atoms with E-state index in [1.807, 2.05) is 0 Å². The molecule has 0 aromatic heterocycles. The van der Waals surface area contributed by atoms with Crippen LogP contribution >= 0.6 is 0 Å². The second-order valence-corrected chi connectivity index (χ2v) is 5.73. The number of rotatable bonds is 6. The average Bonchev–Trinajstić information content (AvgIpc) is 2.10. The van der Waals surface area contributed by atoms with Gasteiger partial charge >= 0.3 is 37.7 Å². The molecule has 0 fully saturated rings. The molecule has 0 aromatic rings. The van der Waals surface area contributed by atoms with Crippen LogP contribution in [0.4, 0.5) is 0 Å². The first-order chi connectivity index (χ1) is 7.12. The van der Waals surface area contributed by atoms with Crippen molar-refractivity contribution in [1.29, 1.82) is 0 Å². The fourth-order valence-corrected chi connectivity index (χ4v) is 1.37. The van der Waals surface area contributed by atoms with Crippen LogP contribution in [0.3, 0.4) is 0 Å². The molecule has 0 radical (unpaired) electrons. The minimum atomic E-state index is -4.01. The molecule has 17 heavy (non-hydrogen) atoms. The van der Waals surface area contributed by atoms with Crippen LogP contribution in [0.25, 0.3) is 0 Å². The maximum Gasteiger partial charge on any atom is 2.00 e. The topological polar surface area (TPSA) is 114 Å². The standard InChI is InChI=1S/2C4H8O3S.Ca/c2*1-2-3-4-8(5,6)7;/h2*2H,1,3-4H2,(H,5,6,7);/q;;+2/p-2. The van der Waals surface area contributed by atoms with Gasteiger partial charge in [-0.05, 0) is 12.8 Å². The first-order valence-electron chi connectivity index (χ1n) is 4.21. The van der Waals surface area contributed by atoms with E-state index >= 15 is 0 Å². The summed E-state index contributed by atoms with van der Waals surface area (Å²) < 4.78 is 58.7. The quantitative estimate of drug-likeness (QED) is 0.382. The van der Waals surface area contributed by atoms with Gasteiger partial charge in [-0.15, -0.1) is 13.2 Å². The van der Waals surface area contributed by atoms with E-state index in [9.17, 15) is 25.9 Å². The van der Waals surface area contributed by atoms with Crippen molar-refractivity contribution < 1.29 is 25.9 Å². The first kappa shape index (κ1) is 22.7. The van der Waals surface area contributed by atoms with Crippen LogP contribution in [0.5, 0.6) is 0 Å². The van der Waals surface area contributed by atoms with Crippen molar-refractivity contribution >= 4 is 58.0 Å². The Bertz CT molecular complexity index is 358. The van der Waals surface area contributed by atoms with Gasteiger partial charge in [0.2, 0.25) is 0 Å². The normalized spacial score (nSPS) is 10.5. The van der Waals surface area contributed by atoms with Crippen LogP contribution in [-0.2, 0) is 20.2 Å². The van der Waals surface area contributed by atoms with Gasteiger partial charge in [0.05, 0.1) is 20.2 Å². The fourth-order valence-electron chi connectivity index (χ4n) is 0.455. The van der Waals surface area contributed by atoms with Crippen molar-refractivity contribution in [1.82, 2.24) is 0 Å². The zero-order valence-corrected chi connectivity index (χ0v) is 13.2. The van der Waals surface area contributed by atoms with Crippen molar-refractivity contribution in [2.24, 2.45) is 0 Å². The van der Waals surface area contributed by atoms with Gasteiger partial charge in [-0.2, -0.15) is 0 Å². The molecular formula is C8H14CaO6S2. The van der Waals surface area contributed by atoms with Crippen LogP contribution in [0, 0.1) is 0 Å². The summed E-state index contributed by atoms with van der Waals surface area (Å²) in [5.74, 6) is -0.674. The van der Waals surface area contributed by atoms with E-state index in [-0.39, 0.29) is 62.1 Å². The van der Waals surface area contributed by atoms with Gasteiger partial charge in [0.1, 0.15) is 0 Å². The molecule has 0 amide bonds. The molecule has 6 nitrogen and oxygen atoms in total. The SMILES string of the molecule is C=CCCS(=O)(=O)[O-].C=CCCS(=O)(=O)[O-].[Ca+2]. The maximum atomic E-state index is 9.79. The van der Waals surface area contributed by atoms with Gasteiger partial charge in [-0.1, -0.05) is 12.2 Å². The van der Waals surface area contributed by atoms with E-state index in [0.717, 1.165) is 0 Å². The molecule has 0 atom stereocenters. The van der Waals surface area contributed by atoms with E-state index in [2.05, 4.69) is 13.2 Å². The number of hydrogen-bond acceptors (Lipinski definition) is 6. The first-order valence-corrected chi connectivity index (χ1v) is 7.37. The van der Waals surface area contributed by atoms with Gasteiger partial charge in [-0.3, -0.25) is 0 Å². The van der Waals surface area contributed by atoms with Crippen LogP contribution in [-0.4, -0.2) is 75.2 Å². The number of allylic oxidation sites excluding steroid dienone is 2.